The number of anilines is 1. The van der Waals surface area contributed by atoms with E-state index < -0.39 is 0 Å². The molecule has 0 radical (unpaired) electrons. The Morgan fingerprint density at radius 3 is 1.90 bits per heavy atom. The lowest BCUT2D eigenvalue weighted by Crippen LogP contribution is -2.02. The minimum absolute atomic E-state index is 1.02. The van der Waals surface area contributed by atoms with Gasteiger partial charge in [0.1, 0.15) is 0 Å². The molecule has 0 aliphatic rings. The third-order valence-electron chi connectivity index (χ3n) is 0.903. The van der Waals surface area contributed by atoms with Gasteiger partial charge in [-0.2, -0.15) is 0 Å². The summed E-state index contributed by atoms with van der Waals surface area (Å²) in [5.74, 6) is 8.00. The fourth-order valence-electron chi connectivity index (χ4n) is 0.513. The van der Waals surface area contributed by atoms with E-state index in [0.29, 0.717) is 0 Å². The molecule has 0 amide bonds. The topological polar surface area (TPSA) is 64.1 Å². The molecule has 3 nitrogen and oxygen atoms in total. The molecule has 0 saturated carbocycles. The Hall–Kier alpha value is -0.710. The van der Waals surface area contributed by atoms with Crippen molar-refractivity contribution in [1.82, 2.24) is 0 Å². The molecule has 0 aliphatic heterocycles. The number of hydrogen-bond acceptors (Lipinski definition) is 4. The van der Waals surface area contributed by atoms with Crippen LogP contribution in [0.5, 0.6) is 0 Å². The number of benzene rings is 1. The fraction of sp³-hybridized carbons (Fsp3) is 0. The minimum Gasteiger partial charge on any atom is -0.332 e. The molecule has 56 valence electrons. The maximum Gasteiger partial charge on any atom is 0.0437 e. The second-order valence-corrected chi connectivity index (χ2v) is 1.70. The molecular weight excluding hydrogens is 146 g/mol. The van der Waals surface area contributed by atoms with Crippen LogP contribution in [0.4, 0.5) is 5.69 Å². The maximum absolute atomic E-state index is 4.00. The first-order valence-corrected chi connectivity index (χ1v) is 3.16. The van der Waals surface area contributed by atoms with Crippen LogP contribution >= 0.6 is 12.8 Å². The van der Waals surface area contributed by atoms with Crippen LogP contribution in [0.25, 0.3) is 0 Å². The lowest BCUT2D eigenvalue weighted by atomic mass is 10.3. The lowest BCUT2D eigenvalue weighted by molar-refractivity contribution is 1.26. The van der Waals surface area contributed by atoms with Crippen molar-refractivity contribution in [1.29, 1.82) is 0 Å². The van der Waals surface area contributed by atoms with E-state index in [1.54, 1.807) is 0 Å². The Bertz CT molecular complexity index is 154. The smallest absolute Gasteiger partial charge is 0.0437 e. The quantitative estimate of drug-likeness (QED) is 0.276. The molecule has 4 heteroatoms. The van der Waals surface area contributed by atoms with Crippen LogP contribution in [-0.4, -0.2) is 0 Å². The second kappa shape index (κ2) is 6.41. The highest BCUT2D eigenvalue weighted by atomic mass is 32.1. The number of rotatable bonds is 1. The van der Waals surface area contributed by atoms with E-state index in [0.717, 1.165) is 5.69 Å². The predicted molar refractivity (Wildman–Crippen MR) is 47.4 cm³/mol. The molecule has 0 atom stereocenters. The van der Waals surface area contributed by atoms with Gasteiger partial charge in [-0.25, -0.2) is 0 Å². The number of hydrogen-bond donors (Lipinski definition) is 4. The number of nitrogens with one attached hydrogen (secondary N) is 1. The molecule has 0 saturated heterocycles. The van der Waals surface area contributed by atoms with E-state index >= 15 is 0 Å². The summed E-state index contributed by atoms with van der Waals surface area (Å²) >= 11 is 3.86. The zero-order chi connectivity index (χ0) is 7.82. The Kier molecular flexibility index (Phi) is 5.96. The van der Waals surface area contributed by atoms with E-state index in [2.05, 4.69) is 29.2 Å². The van der Waals surface area contributed by atoms with Crippen molar-refractivity contribution in [2.75, 3.05) is 4.72 Å². The van der Waals surface area contributed by atoms with E-state index in [1.165, 1.54) is 0 Å². The summed E-state index contributed by atoms with van der Waals surface area (Å²) in [6.07, 6.45) is 0. The molecule has 0 unspecified atom stereocenters. The number of para-hydroxylation sites is 1. The maximum atomic E-state index is 4.00. The van der Waals surface area contributed by atoms with E-state index in [-0.39, 0.29) is 0 Å². The van der Waals surface area contributed by atoms with Crippen LogP contribution in [0.15, 0.2) is 30.3 Å². The summed E-state index contributed by atoms with van der Waals surface area (Å²) in [4.78, 5) is 0. The van der Waals surface area contributed by atoms with E-state index in [9.17, 15) is 0 Å². The summed E-state index contributed by atoms with van der Waals surface area (Å²) in [6, 6.07) is 9.78. The van der Waals surface area contributed by atoms with Gasteiger partial charge >= 0.3 is 0 Å². The summed E-state index contributed by atoms with van der Waals surface area (Å²) in [6.45, 7) is 0. The zero-order valence-electron chi connectivity index (χ0n) is 5.49. The third kappa shape index (κ3) is 3.34. The van der Waals surface area contributed by atoms with Crippen LogP contribution in [0, 0.1) is 0 Å². The molecule has 0 heterocycles. The average molecular weight is 157 g/mol. The molecule has 0 bridgehead atoms. The first-order valence-electron chi connectivity index (χ1n) is 2.72. The zero-order valence-corrected chi connectivity index (χ0v) is 6.38. The van der Waals surface area contributed by atoms with E-state index in [1.807, 2.05) is 30.3 Å². The highest BCUT2D eigenvalue weighted by Gasteiger charge is 1.78. The Morgan fingerprint density at radius 1 is 1.10 bits per heavy atom. The monoisotopic (exact) mass is 157 g/mol. The molecule has 0 fully saturated rings. The Balaban J connectivity index is 0.000000371. The van der Waals surface area contributed by atoms with Crippen molar-refractivity contribution < 1.29 is 0 Å². The Morgan fingerprint density at radius 2 is 1.60 bits per heavy atom. The fourth-order valence-corrected chi connectivity index (χ4v) is 0.662. The largest absolute Gasteiger partial charge is 0.332 e. The number of hydrazine groups is 1. The molecule has 0 aliphatic carbocycles. The molecule has 5 N–H and O–H groups in total. The minimum atomic E-state index is 1.02. The summed E-state index contributed by atoms with van der Waals surface area (Å²) in [7, 11) is 0. The van der Waals surface area contributed by atoms with Crippen LogP contribution in [0.1, 0.15) is 0 Å². The first-order chi connectivity index (χ1) is 4.93. The summed E-state index contributed by atoms with van der Waals surface area (Å²) in [5.41, 5.74) is 1.02. The summed E-state index contributed by atoms with van der Waals surface area (Å²) < 4.78 is 2.72. The standard InChI is InChI=1S/C6H7NS.H4N2/c8-7-6-4-2-1-3-5-6;1-2/h1-5,7-8H;1-2H2. The number of thiol groups is 1. The molecular formula is C6H11N3S. The van der Waals surface area contributed by atoms with Crippen molar-refractivity contribution in [2.24, 2.45) is 11.7 Å². The SMILES string of the molecule is NN.SNc1ccccc1. The van der Waals surface area contributed by atoms with Gasteiger partial charge in [-0.1, -0.05) is 31.0 Å². The Labute approximate surface area is 65.9 Å². The molecule has 0 aromatic heterocycles. The highest BCUT2D eigenvalue weighted by Crippen LogP contribution is 2.04. The van der Waals surface area contributed by atoms with Gasteiger partial charge in [0.15, 0.2) is 0 Å². The van der Waals surface area contributed by atoms with Crippen LogP contribution in [0.2, 0.25) is 0 Å². The van der Waals surface area contributed by atoms with Crippen molar-refractivity contribution in [2.45, 2.75) is 0 Å². The average Bonchev–Trinajstić information content (AvgIpc) is 2.10. The second-order valence-electron chi connectivity index (χ2n) is 1.48. The van der Waals surface area contributed by atoms with Crippen molar-refractivity contribution in [3.63, 3.8) is 0 Å². The molecule has 0 spiro atoms. The highest BCUT2D eigenvalue weighted by molar-refractivity contribution is 7.81. The van der Waals surface area contributed by atoms with Gasteiger partial charge in [0, 0.05) is 5.69 Å². The van der Waals surface area contributed by atoms with E-state index in [4.69, 9.17) is 0 Å². The van der Waals surface area contributed by atoms with Gasteiger partial charge in [0.2, 0.25) is 0 Å². The van der Waals surface area contributed by atoms with Gasteiger partial charge in [0.05, 0.1) is 0 Å². The molecule has 1 rings (SSSR count). The van der Waals surface area contributed by atoms with Crippen molar-refractivity contribution in [3.8, 4) is 0 Å². The summed E-state index contributed by atoms with van der Waals surface area (Å²) in [5, 5.41) is 0. The molecule has 1 aromatic carbocycles. The molecule has 10 heavy (non-hydrogen) atoms. The van der Waals surface area contributed by atoms with Gasteiger partial charge in [0.25, 0.3) is 0 Å². The van der Waals surface area contributed by atoms with Crippen LogP contribution in [-0.2, 0) is 0 Å². The van der Waals surface area contributed by atoms with Crippen LogP contribution < -0.4 is 16.4 Å². The van der Waals surface area contributed by atoms with Gasteiger partial charge < -0.3 is 4.72 Å². The van der Waals surface area contributed by atoms with Crippen LogP contribution in [0.3, 0.4) is 0 Å². The van der Waals surface area contributed by atoms with Gasteiger partial charge in [-0.3, -0.25) is 11.7 Å². The van der Waals surface area contributed by atoms with Gasteiger partial charge in [-0.15, -0.1) is 0 Å². The number of nitrogens with two attached hydrogens (primary N) is 2. The first kappa shape index (κ1) is 9.29. The third-order valence-corrected chi connectivity index (χ3v) is 1.16. The predicted octanol–water partition coefficient (Wildman–Crippen LogP) is 0.762. The van der Waals surface area contributed by atoms with Crippen molar-refractivity contribution >= 4 is 18.5 Å². The molecule has 1 aromatic rings. The van der Waals surface area contributed by atoms with Crippen molar-refractivity contribution in [3.05, 3.63) is 30.3 Å². The van der Waals surface area contributed by atoms with Gasteiger partial charge in [-0.05, 0) is 12.1 Å². The lowest BCUT2D eigenvalue weighted by Gasteiger charge is -1.92. The normalized spacial score (nSPS) is 7.50.